The Labute approximate surface area is 65.2 Å². The Hall–Kier alpha value is -1.32. The zero-order valence-corrected chi connectivity index (χ0v) is 6.60. The van der Waals surface area contributed by atoms with Crippen molar-refractivity contribution in [2.45, 2.75) is 19.9 Å². The maximum absolute atomic E-state index is 8.27. The van der Waals surface area contributed by atoms with Gasteiger partial charge < -0.3 is 9.77 Å². The SMILES string of the molecule is CC(C)n1cncc1C=NO. The number of rotatable bonds is 2. The lowest BCUT2D eigenvalue weighted by Gasteiger charge is -2.07. The zero-order chi connectivity index (χ0) is 8.27. The van der Waals surface area contributed by atoms with Crippen LogP contribution in [0.15, 0.2) is 17.7 Å². The quantitative estimate of drug-likeness (QED) is 0.395. The summed E-state index contributed by atoms with van der Waals surface area (Å²) in [6.07, 6.45) is 4.73. The molecule has 11 heavy (non-hydrogen) atoms. The molecular weight excluding hydrogens is 142 g/mol. The minimum Gasteiger partial charge on any atom is -0.411 e. The number of hydrogen-bond acceptors (Lipinski definition) is 3. The fourth-order valence-corrected chi connectivity index (χ4v) is 0.905. The molecule has 4 heteroatoms. The van der Waals surface area contributed by atoms with Crippen molar-refractivity contribution in [1.29, 1.82) is 0 Å². The van der Waals surface area contributed by atoms with E-state index in [2.05, 4.69) is 10.1 Å². The highest BCUT2D eigenvalue weighted by Gasteiger charge is 2.01. The molecule has 0 aliphatic heterocycles. The van der Waals surface area contributed by atoms with Gasteiger partial charge in [0.1, 0.15) is 0 Å². The number of imidazole rings is 1. The first-order valence-electron chi connectivity index (χ1n) is 3.45. The van der Waals surface area contributed by atoms with Crippen LogP contribution in [0, 0.1) is 0 Å². The van der Waals surface area contributed by atoms with Crippen molar-refractivity contribution >= 4 is 6.21 Å². The van der Waals surface area contributed by atoms with Crippen LogP contribution in [-0.4, -0.2) is 21.0 Å². The summed E-state index contributed by atoms with van der Waals surface area (Å²) in [6, 6.07) is 0.338. The molecule has 0 atom stereocenters. The van der Waals surface area contributed by atoms with Crippen LogP contribution in [-0.2, 0) is 0 Å². The van der Waals surface area contributed by atoms with E-state index in [1.54, 1.807) is 12.5 Å². The maximum Gasteiger partial charge on any atom is 0.0953 e. The molecule has 0 saturated heterocycles. The van der Waals surface area contributed by atoms with Crippen LogP contribution in [0.5, 0.6) is 0 Å². The van der Waals surface area contributed by atoms with Gasteiger partial charge in [-0.1, -0.05) is 5.16 Å². The molecule has 1 heterocycles. The highest BCUT2D eigenvalue weighted by Crippen LogP contribution is 2.05. The smallest absolute Gasteiger partial charge is 0.0953 e. The monoisotopic (exact) mass is 153 g/mol. The normalized spacial score (nSPS) is 11.5. The molecule has 1 aromatic rings. The van der Waals surface area contributed by atoms with Crippen molar-refractivity contribution in [3.8, 4) is 0 Å². The van der Waals surface area contributed by atoms with Gasteiger partial charge in [-0.25, -0.2) is 4.98 Å². The highest BCUT2D eigenvalue weighted by molar-refractivity contribution is 5.76. The van der Waals surface area contributed by atoms with Crippen molar-refractivity contribution in [1.82, 2.24) is 9.55 Å². The van der Waals surface area contributed by atoms with Gasteiger partial charge in [0.05, 0.1) is 24.4 Å². The maximum atomic E-state index is 8.27. The van der Waals surface area contributed by atoms with Crippen LogP contribution < -0.4 is 0 Å². The Balaban J connectivity index is 2.96. The van der Waals surface area contributed by atoms with E-state index in [4.69, 9.17) is 5.21 Å². The molecule has 4 nitrogen and oxygen atoms in total. The average Bonchev–Trinajstić information content (AvgIpc) is 2.36. The lowest BCUT2D eigenvalue weighted by Crippen LogP contribution is -2.03. The third-order valence-electron chi connectivity index (χ3n) is 1.44. The Morgan fingerprint density at radius 3 is 3.00 bits per heavy atom. The minimum absolute atomic E-state index is 0.338. The molecule has 0 unspecified atom stereocenters. The second-order valence-corrected chi connectivity index (χ2v) is 2.56. The standard InChI is InChI=1S/C7H11N3O/c1-6(2)10-5-8-3-7(10)4-9-11/h3-6,11H,1-2H3. The van der Waals surface area contributed by atoms with Gasteiger partial charge >= 0.3 is 0 Å². The summed E-state index contributed by atoms with van der Waals surface area (Å²) in [5.74, 6) is 0. The fraction of sp³-hybridized carbons (Fsp3) is 0.429. The first kappa shape index (κ1) is 7.78. The van der Waals surface area contributed by atoms with E-state index >= 15 is 0 Å². The molecule has 0 aromatic carbocycles. The van der Waals surface area contributed by atoms with Crippen molar-refractivity contribution in [2.24, 2.45) is 5.16 Å². The topological polar surface area (TPSA) is 50.4 Å². The Bertz CT molecular complexity index is 252. The molecule has 0 aliphatic rings. The zero-order valence-electron chi connectivity index (χ0n) is 6.60. The Morgan fingerprint density at radius 2 is 2.45 bits per heavy atom. The van der Waals surface area contributed by atoms with Crippen LogP contribution in [0.3, 0.4) is 0 Å². The molecule has 0 amide bonds. The molecule has 0 bridgehead atoms. The van der Waals surface area contributed by atoms with E-state index in [-0.39, 0.29) is 0 Å². The molecule has 0 spiro atoms. The number of hydrogen-bond donors (Lipinski definition) is 1. The molecule has 0 fully saturated rings. The molecule has 0 aliphatic carbocycles. The lowest BCUT2D eigenvalue weighted by molar-refractivity contribution is 0.321. The van der Waals surface area contributed by atoms with Gasteiger partial charge in [0.25, 0.3) is 0 Å². The summed E-state index contributed by atoms with van der Waals surface area (Å²) in [6.45, 7) is 4.08. The molecule has 0 radical (unpaired) electrons. The van der Waals surface area contributed by atoms with E-state index < -0.39 is 0 Å². The fourth-order valence-electron chi connectivity index (χ4n) is 0.905. The van der Waals surface area contributed by atoms with E-state index in [1.807, 2.05) is 18.4 Å². The van der Waals surface area contributed by atoms with Gasteiger partial charge in [0.2, 0.25) is 0 Å². The summed E-state index contributed by atoms with van der Waals surface area (Å²) in [7, 11) is 0. The summed E-state index contributed by atoms with van der Waals surface area (Å²) >= 11 is 0. The first-order valence-corrected chi connectivity index (χ1v) is 3.45. The minimum atomic E-state index is 0.338. The van der Waals surface area contributed by atoms with Gasteiger partial charge in [-0.2, -0.15) is 0 Å². The summed E-state index contributed by atoms with van der Waals surface area (Å²) in [4.78, 5) is 3.92. The van der Waals surface area contributed by atoms with Gasteiger partial charge in [0, 0.05) is 6.04 Å². The first-order chi connectivity index (χ1) is 5.25. The van der Waals surface area contributed by atoms with Crippen molar-refractivity contribution < 1.29 is 5.21 Å². The molecular formula is C7H11N3O. The molecule has 1 N–H and O–H groups in total. The van der Waals surface area contributed by atoms with Crippen molar-refractivity contribution in [3.63, 3.8) is 0 Å². The molecule has 0 saturated carbocycles. The van der Waals surface area contributed by atoms with E-state index in [9.17, 15) is 0 Å². The second-order valence-electron chi connectivity index (χ2n) is 2.56. The third-order valence-corrected chi connectivity index (χ3v) is 1.44. The van der Waals surface area contributed by atoms with Gasteiger partial charge in [0.15, 0.2) is 0 Å². The van der Waals surface area contributed by atoms with Crippen LogP contribution in [0.2, 0.25) is 0 Å². The predicted molar refractivity (Wildman–Crippen MR) is 42.0 cm³/mol. The van der Waals surface area contributed by atoms with Crippen LogP contribution in [0.1, 0.15) is 25.6 Å². The van der Waals surface area contributed by atoms with Crippen molar-refractivity contribution in [2.75, 3.05) is 0 Å². The molecule has 60 valence electrons. The van der Waals surface area contributed by atoms with Gasteiger partial charge in [-0.15, -0.1) is 0 Å². The van der Waals surface area contributed by atoms with E-state index in [0.717, 1.165) is 5.69 Å². The Morgan fingerprint density at radius 1 is 1.73 bits per heavy atom. The van der Waals surface area contributed by atoms with Gasteiger partial charge in [-0.3, -0.25) is 0 Å². The van der Waals surface area contributed by atoms with Crippen LogP contribution >= 0.6 is 0 Å². The number of oxime groups is 1. The van der Waals surface area contributed by atoms with Crippen LogP contribution in [0.4, 0.5) is 0 Å². The van der Waals surface area contributed by atoms with Gasteiger partial charge in [-0.05, 0) is 13.8 Å². The Kier molecular flexibility index (Phi) is 2.25. The number of aromatic nitrogens is 2. The lowest BCUT2D eigenvalue weighted by atomic mass is 10.3. The third kappa shape index (κ3) is 1.58. The predicted octanol–water partition coefficient (Wildman–Crippen LogP) is 1.27. The average molecular weight is 153 g/mol. The summed E-state index contributed by atoms with van der Waals surface area (Å²) in [5.41, 5.74) is 0.808. The second kappa shape index (κ2) is 3.18. The summed E-state index contributed by atoms with van der Waals surface area (Å²) < 4.78 is 1.92. The van der Waals surface area contributed by atoms with E-state index in [1.165, 1.54) is 6.21 Å². The highest BCUT2D eigenvalue weighted by atomic mass is 16.4. The van der Waals surface area contributed by atoms with E-state index in [0.29, 0.717) is 6.04 Å². The largest absolute Gasteiger partial charge is 0.411 e. The number of nitrogens with zero attached hydrogens (tertiary/aromatic N) is 3. The van der Waals surface area contributed by atoms with Crippen molar-refractivity contribution in [3.05, 3.63) is 18.2 Å². The molecule has 1 rings (SSSR count). The van der Waals surface area contributed by atoms with Crippen LogP contribution in [0.25, 0.3) is 0 Å². The molecule has 1 aromatic heterocycles. The summed E-state index contributed by atoms with van der Waals surface area (Å²) in [5, 5.41) is 11.2.